The van der Waals surface area contributed by atoms with E-state index in [-0.39, 0.29) is 5.56 Å². The van der Waals surface area contributed by atoms with E-state index in [0.29, 0.717) is 11.7 Å². The second-order valence-electron chi connectivity index (χ2n) is 5.59. The lowest BCUT2D eigenvalue weighted by Gasteiger charge is -2.10. The normalized spacial score (nSPS) is 14.0. The molecule has 0 amide bonds. The van der Waals surface area contributed by atoms with E-state index in [9.17, 15) is 4.79 Å². The minimum atomic E-state index is -0.139. The predicted molar refractivity (Wildman–Crippen MR) is 85.9 cm³/mol. The minimum Gasteiger partial charge on any atom is -0.494 e. The van der Waals surface area contributed by atoms with Crippen LogP contribution in [0.15, 0.2) is 47.4 Å². The molecule has 1 fully saturated rings. The number of ether oxygens (including phenoxy) is 1. The molecule has 0 unspecified atom stereocenters. The zero-order valence-electron chi connectivity index (χ0n) is 12.7. The van der Waals surface area contributed by atoms with E-state index in [2.05, 4.69) is 10.1 Å². The van der Waals surface area contributed by atoms with Crippen LogP contribution in [0.3, 0.4) is 0 Å². The summed E-state index contributed by atoms with van der Waals surface area (Å²) in [4.78, 5) is 18.7. The summed E-state index contributed by atoms with van der Waals surface area (Å²) in [6, 6.07) is 10.9. The first-order valence-corrected chi connectivity index (χ1v) is 7.56. The van der Waals surface area contributed by atoms with E-state index in [0.717, 1.165) is 35.7 Å². The molecular formula is C17H16N4O2. The number of aromatic nitrogens is 4. The van der Waals surface area contributed by atoms with Crippen LogP contribution in [0.4, 0.5) is 0 Å². The van der Waals surface area contributed by atoms with Gasteiger partial charge in [-0.2, -0.15) is 5.10 Å². The first kappa shape index (κ1) is 13.8. The van der Waals surface area contributed by atoms with E-state index in [4.69, 9.17) is 9.72 Å². The third-order valence-corrected chi connectivity index (χ3v) is 3.92. The second-order valence-corrected chi connectivity index (χ2v) is 5.59. The fraction of sp³-hybridized carbons (Fsp3) is 0.235. The maximum atomic E-state index is 11.3. The van der Waals surface area contributed by atoms with Crippen LogP contribution in [-0.4, -0.2) is 26.9 Å². The molecule has 0 radical (unpaired) electrons. The lowest BCUT2D eigenvalue weighted by atomic mass is 10.2. The Morgan fingerprint density at radius 1 is 1.22 bits per heavy atom. The van der Waals surface area contributed by atoms with Crippen molar-refractivity contribution in [3.8, 4) is 22.8 Å². The molecule has 0 bridgehead atoms. The van der Waals surface area contributed by atoms with Gasteiger partial charge in [0, 0.05) is 23.7 Å². The molecule has 3 aromatic rings. The third kappa shape index (κ3) is 2.52. The van der Waals surface area contributed by atoms with E-state index in [1.807, 2.05) is 24.3 Å². The number of methoxy groups -OCH3 is 1. The molecule has 0 spiro atoms. The first-order chi connectivity index (χ1) is 11.3. The maximum Gasteiger partial charge on any atom is 0.247 e. The van der Waals surface area contributed by atoms with Gasteiger partial charge in [-0.15, -0.1) is 0 Å². The highest BCUT2D eigenvalue weighted by Crippen LogP contribution is 2.39. The van der Waals surface area contributed by atoms with Crippen LogP contribution in [0.1, 0.15) is 24.6 Å². The number of rotatable bonds is 4. The van der Waals surface area contributed by atoms with Gasteiger partial charge in [-0.3, -0.25) is 4.79 Å². The average Bonchev–Trinajstić information content (AvgIpc) is 3.35. The topological polar surface area (TPSA) is 72.8 Å². The van der Waals surface area contributed by atoms with Gasteiger partial charge in [-0.1, -0.05) is 12.1 Å². The summed E-state index contributed by atoms with van der Waals surface area (Å²) in [5.74, 6) is 2.71. The zero-order chi connectivity index (χ0) is 15.8. The Kier molecular flexibility index (Phi) is 3.22. The average molecular weight is 308 g/mol. The van der Waals surface area contributed by atoms with Crippen molar-refractivity contribution >= 4 is 0 Å². The van der Waals surface area contributed by atoms with E-state index >= 15 is 0 Å². The van der Waals surface area contributed by atoms with Crippen LogP contribution in [0, 0.1) is 0 Å². The molecule has 4 rings (SSSR count). The molecule has 23 heavy (non-hydrogen) atoms. The van der Waals surface area contributed by atoms with Crippen LogP contribution >= 0.6 is 0 Å². The van der Waals surface area contributed by atoms with Crippen LogP contribution in [-0.2, 0) is 0 Å². The molecule has 1 N–H and O–H groups in total. The van der Waals surface area contributed by atoms with E-state index in [1.54, 1.807) is 24.1 Å². The zero-order valence-corrected chi connectivity index (χ0v) is 12.7. The van der Waals surface area contributed by atoms with Crippen LogP contribution in [0.2, 0.25) is 0 Å². The van der Waals surface area contributed by atoms with Crippen molar-refractivity contribution in [2.24, 2.45) is 0 Å². The van der Waals surface area contributed by atoms with Gasteiger partial charge < -0.3 is 9.72 Å². The molecule has 6 heteroatoms. The molecule has 0 aliphatic heterocycles. The summed E-state index contributed by atoms with van der Waals surface area (Å²) >= 11 is 0. The summed E-state index contributed by atoms with van der Waals surface area (Å²) in [5, 5.41) is 4.68. The standard InChI is InChI=1S/C17H16N4O2/c1-23-14-5-3-2-4-13(14)21-17(12-8-9-15(22)18-10-12)19-16(20-21)11-6-7-11/h2-5,8-11H,6-7H2,1H3,(H,18,22). The molecule has 0 atom stereocenters. The maximum absolute atomic E-state index is 11.3. The Hall–Kier alpha value is -2.89. The van der Waals surface area contributed by atoms with Crippen molar-refractivity contribution in [3.63, 3.8) is 0 Å². The number of benzene rings is 1. The fourth-order valence-electron chi connectivity index (χ4n) is 2.55. The highest BCUT2D eigenvalue weighted by atomic mass is 16.5. The van der Waals surface area contributed by atoms with Gasteiger partial charge in [0.1, 0.15) is 11.4 Å². The number of hydrogen-bond acceptors (Lipinski definition) is 4. The first-order valence-electron chi connectivity index (χ1n) is 7.56. The van der Waals surface area contributed by atoms with Crippen molar-refractivity contribution in [3.05, 3.63) is 58.8 Å². The molecule has 2 heterocycles. The number of nitrogens with zero attached hydrogens (tertiary/aromatic N) is 3. The largest absolute Gasteiger partial charge is 0.494 e. The molecule has 1 aliphatic rings. The molecular weight excluding hydrogens is 292 g/mol. The number of pyridine rings is 1. The minimum absolute atomic E-state index is 0.139. The van der Waals surface area contributed by atoms with Crippen molar-refractivity contribution in [2.45, 2.75) is 18.8 Å². The number of nitrogens with one attached hydrogen (secondary N) is 1. The van der Waals surface area contributed by atoms with Crippen molar-refractivity contribution in [1.82, 2.24) is 19.7 Å². The molecule has 1 aliphatic carbocycles. The van der Waals surface area contributed by atoms with Gasteiger partial charge in [0.25, 0.3) is 0 Å². The molecule has 0 saturated heterocycles. The number of H-pyrrole nitrogens is 1. The van der Waals surface area contributed by atoms with Crippen LogP contribution in [0.25, 0.3) is 17.1 Å². The van der Waals surface area contributed by atoms with Gasteiger partial charge >= 0.3 is 0 Å². The van der Waals surface area contributed by atoms with Crippen molar-refractivity contribution in [2.75, 3.05) is 7.11 Å². The molecule has 1 saturated carbocycles. The predicted octanol–water partition coefficient (Wildman–Crippen LogP) is 2.51. The Labute approximate surface area is 132 Å². The Bertz CT molecular complexity index is 888. The Balaban J connectivity index is 1.91. The van der Waals surface area contributed by atoms with Gasteiger partial charge in [0.15, 0.2) is 11.6 Å². The Morgan fingerprint density at radius 2 is 2.04 bits per heavy atom. The lowest BCUT2D eigenvalue weighted by molar-refractivity contribution is 0.412. The number of aromatic amines is 1. The summed E-state index contributed by atoms with van der Waals surface area (Å²) in [6.07, 6.45) is 3.91. The van der Waals surface area contributed by atoms with Crippen LogP contribution in [0.5, 0.6) is 5.75 Å². The summed E-state index contributed by atoms with van der Waals surface area (Å²) in [7, 11) is 1.64. The Morgan fingerprint density at radius 3 is 2.74 bits per heavy atom. The van der Waals surface area contributed by atoms with E-state index < -0.39 is 0 Å². The highest BCUT2D eigenvalue weighted by Gasteiger charge is 2.30. The van der Waals surface area contributed by atoms with Gasteiger partial charge in [-0.05, 0) is 31.0 Å². The molecule has 116 valence electrons. The van der Waals surface area contributed by atoms with Crippen LogP contribution < -0.4 is 10.3 Å². The second kappa shape index (κ2) is 5.39. The van der Waals surface area contributed by atoms with Crippen molar-refractivity contribution in [1.29, 1.82) is 0 Å². The van der Waals surface area contributed by atoms with Gasteiger partial charge in [0.2, 0.25) is 5.56 Å². The monoisotopic (exact) mass is 308 g/mol. The summed E-state index contributed by atoms with van der Waals surface area (Å²) < 4.78 is 7.24. The smallest absolute Gasteiger partial charge is 0.247 e. The summed E-state index contributed by atoms with van der Waals surface area (Å²) in [5.41, 5.74) is 1.50. The summed E-state index contributed by atoms with van der Waals surface area (Å²) in [6.45, 7) is 0. The molecule has 1 aromatic carbocycles. The quantitative estimate of drug-likeness (QED) is 0.804. The fourth-order valence-corrected chi connectivity index (χ4v) is 2.55. The van der Waals surface area contributed by atoms with Crippen molar-refractivity contribution < 1.29 is 4.74 Å². The van der Waals surface area contributed by atoms with E-state index in [1.165, 1.54) is 6.07 Å². The highest BCUT2D eigenvalue weighted by molar-refractivity contribution is 5.59. The van der Waals surface area contributed by atoms with Gasteiger partial charge in [0.05, 0.1) is 7.11 Å². The molecule has 2 aromatic heterocycles. The molecule has 6 nitrogen and oxygen atoms in total. The SMILES string of the molecule is COc1ccccc1-n1nc(C2CC2)nc1-c1ccc(=O)[nH]c1. The third-order valence-electron chi connectivity index (χ3n) is 3.92. The van der Waals surface area contributed by atoms with Gasteiger partial charge in [-0.25, -0.2) is 9.67 Å². The lowest BCUT2D eigenvalue weighted by Crippen LogP contribution is -2.05. The number of hydrogen-bond donors (Lipinski definition) is 1. The number of para-hydroxylation sites is 2.